The Labute approximate surface area is 110 Å². The topological polar surface area (TPSA) is 29.9 Å². The van der Waals surface area contributed by atoms with Crippen molar-refractivity contribution < 1.29 is 0 Å². The largest absolute Gasteiger partial charge is 0.330 e. The molecule has 1 N–H and O–H groups in total. The number of nitrogens with one attached hydrogen (secondary N) is 1. The van der Waals surface area contributed by atoms with E-state index in [2.05, 4.69) is 34.3 Å². The van der Waals surface area contributed by atoms with Gasteiger partial charge in [0.15, 0.2) is 0 Å². The van der Waals surface area contributed by atoms with E-state index in [1.165, 1.54) is 57.2 Å². The standard InChI is InChI=1S/C15H25N3/c1-2-12-5-7-13(8-6-12)18-11-16-10-15(18)14-4-3-9-17-14/h10-14,17H,2-9H2,1H3/t12?,13?,14-/m0/s1. The molecule has 0 radical (unpaired) electrons. The summed E-state index contributed by atoms with van der Waals surface area (Å²) in [6.07, 6.45) is 13.6. The van der Waals surface area contributed by atoms with E-state index in [0.717, 1.165) is 5.92 Å². The molecule has 1 aliphatic carbocycles. The Morgan fingerprint density at radius 1 is 1.28 bits per heavy atom. The number of hydrogen-bond donors (Lipinski definition) is 1. The smallest absolute Gasteiger partial charge is 0.0951 e. The second-order valence-corrected chi connectivity index (χ2v) is 5.96. The van der Waals surface area contributed by atoms with Gasteiger partial charge in [0.25, 0.3) is 0 Å². The molecule has 3 nitrogen and oxygen atoms in total. The fourth-order valence-corrected chi connectivity index (χ4v) is 3.66. The van der Waals surface area contributed by atoms with Crippen molar-refractivity contribution in [2.45, 2.75) is 64.0 Å². The lowest BCUT2D eigenvalue weighted by atomic mass is 9.84. The van der Waals surface area contributed by atoms with Gasteiger partial charge in [-0.1, -0.05) is 13.3 Å². The molecule has 1 saturated heterocycles. The molecule has 0 spiro atoms. The van der Waals surface area contributed by atoms with Crippen molar-refractivity contribution in [2.24, 2.45) is 5.92 Å². The van der Waals surface area contributed by atoms with E-state index in [1.807, 2.05) is 0 Å². The maximum absolute atomic E-state index is 4.40. The highest BCUT2D eigenvalue weighted by atomic mass is 15.1. The van der Waals surface area contributed by atoms with Crippen molar-refractivity contribution >= 4 is 0 Å². The molecule has 2 aliphatic rings. The minimum absolute atomic E-state index is 0.552. The van der Waals surface area contributed by atoms with Crippen LogP contribution in [0.15, 0.2) is 12.5 Å². The molecule has 2 heterocycles. The van der Waals surface area contributed by atoms with Gasteiger partial charge < -0.3 is 9.88 Å². The fraction of sp³-hybridized carbons (Fsp3) is 0.800. The fourth-order valence-electron chi connectivity index (χ4n) is 3.66. The molecule has 0 amide bonds. The van der Waals surface area contributed by atoms with Gasteiger partial charge in [-0.15, -0.1) is 0 Å². The van der Waals surface area contributed by atoms with Gasteiger partial charge >= 0.3 is 0 Å². The minimum atomic E-state index is 0.552. The Morgan fingerprint density at radius 3 is 2.78 bits per heavy atom. The lowest BCUT2D eigenvalue weighted by molar-refractivity contribution is 0.263. The Kier molecular flexibility index (Phi) is 3.69. The second kappa shape index (κ2) is 5.43. The molecule has 0 unspecified atom stereocenters. The number of rotatable bonds is 3. The van der Waals surface area contributed by atoms with Crippen LogP contribution in [0.25, 0.3) is 0 Å². The SMILES string of the molecule is CCC1CCC(n2cncc2[C@@H]2CCCN2)CC1. The van der Waals surface area contributed by atoms with E-state index < -0.39 is 0 Å². The average molecular weight is 247 g/mol. The summed E-state index contributed by atoms with van der Waals surface area (Å²) in [4.78, 5) is 4.40. The van der Waals surface area contributed by atoms with Crippen LogP contribution < -0.4 is 5.32 Å². The zero-order valence-electron chi connectivity index (χ0n) is 11.4. The van der Waals surface area contributed by atoms with Crippen LogP contribution in [-0.2, 0) is 0 Å². The van der Waals surface area contributed by atoms with Crippen LogP contribution in [0.3, 0.4) is 0 Å². The van der Waals surface area contributed by atoms with Crippen LogP contribution in [0.2, 0.25) is 0 Å². The van der Waals surface area contributed by atoms with Crippen molar-refractivity contribution in [1.29, 1.82) is 0 Å². The first-order valence-corrected chi connectivity index (χ1v) is 7.63. The number of imidazole rings is 1. The lowest BCUT2D eigenvalue weighted by Gasteiger charge is -2.30. The molecule has 100 valence electrons. The predicted octanol–water partition coefficient (Wildman–Crippen LogP) is 3.45. The van der Waals surface area contributed by atoms with Gasteiger partial charge in [-0.05, 0) is 51.0 Å². The highest BCUT2D eigenvalue weighted by Crippen LogP contribution is 2.36. The van der Waals surface area contributed by atoms with Crippen LogP contribution >= 0.6 is 0 Å². The first-order chi connectivity index (χ1) is 8.88. The normalized spacial score (nSPS) is 32.8. The van der Waals surface area contributed by atoms with Gasteiger partial charge in [-0.3, -0.25) is 0 Å². The zero-order chi connectivity index (χ0) is 12.4. The van der Waals surface area contributed by atoms with Crippen molar-refractivity contribution in [1.82, 2.24) is 14.9 Å². The van der Waals surface area contributed by atoms with E-state index in [-0.39, 0.29) is 0 Å². The van der Waals surface area contributed by atoms with E-state index in [9.17, 15) is 0 Å². The van der Waals surface area contributed by atoms with Crippen molar-refractivity contribution in [2.75, 3.05) is 6.54 Å². The highest BCUT2D eigenvalue weighted by Gasteiger charge is 2.26. The van der Waals surface area contributed by atoms with Gasteiger partial charge in [0.05, 0.1) is 12.0 Å². The first-order valence-electron chi connectivity index (χ1n) is 7.63. The first kappa shape index (κ1) is 12.2. The predicted molar refractivity (Wildman–Crippen MR) is 73.5 cm³/mol. The van der Waals surface area contributed by atoms with Gasteiger partial charge in [0.1, 0.15) is 0 Å². The molecule has 1 aromatic rings. The summed E-state index contributed by atoms with van der Waals surface area (Å²) < 4.78 is 2.47. The van der Waals surface area contributed by atoms with Crippen LogP contribution in [0.5, 0.6) is 0 Å². The van der Waals surface area contributed by atoms with Gasteiger partial charge in [-0.2, -0.15) is 0 Å². The molecule has 3 rings (SSSR count). The van der Waals surface area contributed by atoms with E-state index in [0.29, 0.717) is 12.1 Å². The highest BCUT2D eigenvalue weighted by molar-refractivity contribution is 5.09. The summed E-state index contributed by atoms with van der Waals surface area (Å²) in [5.41, 5.74) is 1.42. The maximum atomic E-state index is 4.40. The molecular formula is C15H25N3. The van der Waals surface area contributed by atoms with Crippen molar-refractivity contribution in [3.05, 3.63) is 18.2 Å². The second-order valence-electron chi connectivity index (χ2n) is 5.96. The zero-order valence-corrected chi connectivity index (χ0v) is 11.4. The summed E-state index contributed by atoms with van der Waals surface area (Å²) in [5.74, 6) is 0.970. The Morgan fingerprint density at radius 2 is 2.11 bits per heavy atom. The minimum Gasteiger partial charge on any atom is -0.330 e. The van der Waals surface area contributed by atoms with E-state index >= 15 is 0 Å². The quantitative estimate of drug-likeness (QED) is 0.886. The van der Waals surface area contributed by atoms with Gasteiger partial charge in [0.2, 0.25) is 0 Å². The molecule has 1 atom stereocenters. The molecule has 0 bridgehead atoms. The molecule has 1 saturated carbocycles. The molecule has 0 aromatic carbocycles. The van der Waals surface area contributed by atoms with Crippen LogP contribution in [0.4, 0.5) is 0 Å². The van der Waals surface area contributed by atoms with E-state index in [4.69, 9.17) is 0 Å². The van der Waals surface area contributed by atoms with Gasteiger partial charge in [-0.25, -0.2) is 4.98 Å². The summed E-state index contributed by atoms with van der Waals surface area (Å²) in [6, 6.07) is 1.25. The Hall–Kier alpha value is -0.830. The third-order valence-electron chi connectivity index (χ3n) is 4.90. The van der Waals surface area contributed by atoms with Crippen LogP contribution in [-0.4, -0.2) is 16.1 Å². The van der Waals surface area contributed by atoms with Crippen LogP contribution in [0, 0.1) is 5.92 Å². The lowest BCUT2D eigenvalue weighted by Crippen LogP contribution is -2.22. The average Bonchev–Trinajstić information content (AvgIpc) is 3.09. The van der Waals surface area contributed by atoms with Gasteiger partial charge in [0, 0.05) is 18.3 Å². The monoisotopic (exact) mass is 247 g/mol. The Balaban J connectivity index is 1.71. The number of hydrogen-bond acceptors (Lipinski definition) is 2. The summed E-state index contributed by atoms with van der Waals surface area (Å²) in [5, 5.41) is 3.60. The van der Waals surface area contributed by atoms with Crippen LogP contribution in [0.1, 0.15) is 69.6 Å². The molecule has 1 aromatic heterocycles. The van der Waals surface area contributed by atoms with E-state index in [1.54, 1.807) is 0 Å². The molecule has 1 aliphatic heterocycles. The number of nitrogens with zero attached hydrogens (tertiary/aromatic N) is 2. The molecule has 3 heteroatoms. The van der Waals surface area contributed by atoms with Crippen molar-refractivity contribution in [3.63, 3.8) is 0 Å². The summed E-state index contributed by atoms with van der Waals surface area (Å²) in [7, 11) is 0. The maximum Gasteiger partial charge on any atom is 0.0951 e. The third kappa shape index (κ3) is 2.33. The Bertz CT molecular complexity index is 371. The summed E-state index contributed by atoms with van der Waals surface area (Å²) >= 11 is 0. The number of aromatic nitrogens is 2. The molecular weight excluding hydrogens is 222 g/mol. The molecule has 2 fully saturated rings. The molecule has 18 heavy (non-hydrogen) atoms. The van der Waals surface area contributed by atoms with Crippen molar-refractivity contribution in [3.8, 4) is 0 Å². The third-order valence-corrected chi connectivity index (χ3v) is 4.90. The summed E-state index contributed by atoms with van der Waals surface area (Å²) in [6.45, 7) is 3.49.